The zero-order valence-corrected chi connectivity index (χ0v) is 12.2. The smallest absolute Gasteiger partial charge is 0.321 e. The fourth-order valence-electron chi connectivity index (χ4n) is 1.03. The van der Waals surface area contributed by atoms with Crippen molar-refractivity contribution in [3.05, 3.63) is 5.28 Å². The van der Waals surface area contributed by atoms with E-state index in [2.05, 4.69) is 28.8 Å². The summed E-state index contributed by atoms with van der Waals surface area (Å²) >= 11 is 7.40. The van der Waals surface area contributed by atoms with Crippen LogP contribution in [0.3, 0.4) is 0 Å². The first kappa shape index (κ1) is 14.5. The van der Waals surface area contributed by atoms with E-state index in [1.54, 1.807) is 11.8 Å². The van der Waals surface area contributed by atoms with Gasteiger partial charge in [-0.15, -0.1) is 0 Å². The van der Waals surface area contributed by atoms with Gasteiger partial charge in [0.2, 0.25) is 5.28 Å². The Balaban J connectivity index is 2.62. The monoisotopic (exact) mass is 275 g/mol. The standard InChI is InChI=1S/C11H18ClN3OS/c1-7(2)5-6-17-11-14-9(12)13-10(15-11)16-8(3)4/h7-8H,5-6H2,1-4H3. The lowest BCUT2D eigenvalue weighted by atomic mass is 10.2. The number of hydrogen-bond donors (Lipinski definition) is 0. The van der Waals surface area contributed by atoms with Crippen LogP contribution in [0.25, 0.3) is 0 Å². The fraction of sp³-hybridized carbons (Fsp3) is 0.727. The molecule has 0 radical (unpaired) electrons. The van der Waals surface area contributed by atoms with Gasteiger partial charge in [0.15, 0.2) is 5.16 Å². The Kier molecular flexibility index (Phi) is 5.98. The van der Waals surface area contributed by atoms with Crippen LogP contribution < -0.4 is 4.74 Å². The van der Waals surface area contributed by atoms with Crippen molar-refractivity contribution < 1.29 is 4.74 Å². The molecular weight excluding hydrogens is 258 g/mol. The first-order chi connectivity index (χ1) is 7.97. The summed E-state index contributed by atoms with van der Waals surface area (Å²) in [5, 5.41) is 0.809. The van der Waals surface area contributed by atoms with Crippen molar-refractivity contribution in [2.45, 2.75) is 45.4 Å². The topological polar surface area (TPSA) is 47.9 Å². The van der Waals surface area contributed by atoms with Crippen LogP contribution in [-0.2, 0) is 0 Å². The highest BCUT2D eigenvalue weighted by molar-refractivity contribution is 7.99. The molecule has 0 spiro atoms. The van der Waals surface area contributed by atoms with E-state index in [0.29, 0.717) is 17.1 Å². The van der Waals surface area contributed by atoms with Gasteiger partial charge in [-0.1, -0.05) is 25.6 Å². The molecular formula is C11H18ClN3OS. The van der Waals surface area contributed by atoms with Gasteiger partial charge in [0.25, 0.3) is 0 Å². The van der Waals surface area contributed by atoms with Crippen molar-refractivity contribution in [1.82, 2.24) is 15.0 Å². The van der Waals surface area contributed by atoms with Crippen LogP contribution in [0.4, 0.5) is 0 Å². The van der Waals surface area contributed by atoms with Gasteiger partial charge in [-0.3, -0.25) is 0 Å². The quantitative estimate of drug-likeness (QED) is 0.744. The molecule has 1 aromatic rings. The second-order valence-corrected chi connectivity index (χ2v) is 5.77. The number of rotatable bonds is 6. The molecule has 1 heterocycles. The summed E-state index contributed by atoms with van der Waals surface area (Å²) < 4.78 is 5.40. The number of aromatic nitrogens is 3. The summed E-state index contributed by atoms with van der Waals surface area (Å²) in [6.07, 6.45) is 1.15. The summed E-state index contributed by atoms with van der Waals surface area (Å²) in [7, 11) is 0. The molecule has 0 aliphatic carbocycles. The average Bonchev–Trinajstić information content (AvgIpc) is 2.14. The summed E-state index contributed by atoms with van der Waals surface area (Å²) in [4.78, 5) is 12.2. The molecule has 0 atom stereocenters. The van der Waals surface area contributed by atoms with E-state index >= 15 is 0 Å². The first-order valence-corrected chi connectivity index (χ1v) is 7.04. The average molecular weight is 276 g/mol. The van der Waals surface area contributed by atoms with Gasteiger partial charge >= 0.3 is 6.01 Å². The fourth-order valence-corrected chi connectivity index (χ4v) is 2.30. The van der Waals surface area contributed by atoms with Crippen LogP contribution in [0, 0.1) is 5.92 Å². The molecule has 0 unspecified atom stereocenters. The molecule has 6 heteroatoms. The SMILES string of the molecule is CC(C)CCSc1nc(Cl)nc(OC(C)C)n1. The molecule has 0 bridgehead atoms. The molecule has 0 aliphatic rings. The van der Waals surface area contributed by atoms with Gasteiger partial charge in [-0.25, -0.2) is 0 Å². The molecule has 96 valence electrons. The van der Waals surface area contributed by atoms with Crippen molar-refractivity contribution in [1.29, 1.82) is 0 Å². The molecule has 0 aliphatic heterocycles. The Bertz CT molecular complexity index is 361. The van der Waals surface area contributed by atoms with Crippen LogP contribution in [-0.4, -0.2) is 26.8 Å². The normalized spacial score (nSPS) is 11.2. The minimum atomic E-state index is 0.0296. The second-order valence-electron chi connectivity index (χ2n) is 4.37. The predicted octanol–water partition coefficient (Wildman–Crippen LogP) is 3.45. The molecule has 0 N–H and O–H groups in total. The maximum absolute atomic E-state index is 5.82. The molecule has 17 heavy (non-hydrogen) atoms. The number of ether oxygens (including phenoxy) is 1. The van der Waals surface area contributed by atoms with Gasteiger partial charge in [0, 0.05) is 5.75 Å². The number of thioether (sulfide) groups is 1. The lowest BCUT2D eigenvalue weighted by Gasteiger charge is -2.08. The van der Waals surface area contributed by atoms with Crippen LogP contribution in [0.1, 0.15) is 34.1 Å². The van der Waals surface area contributed by atoms with Crippen LogP contribution in [0.5, 0.6) is 6.01 Å². The summed E-state index contributed by atoms with van der Waals surface area (Å²) in [5.74, 6) is 1.64. The molecule has 1 rings (SSSR count). The van der Waals surface area contributed by atoms with E-state index in [0.717, 1.165) is 12.2 Å². The Morgan fingerprint density at radius 1 is 1.18 bits per heavy atom. The van der Waals surface area contributed by atoms with E-state index in [1.807, 2.05) is 13.8 Å². The lowest BCUT2D eigenvalue weighted by Crippen LogP contribution is -2.09. The molecule has 0 fully saturated rings. The van der Waals surface area contributed by atoms with Gasteiger partial charge in [-0.2, -0.15) is 15.0 Å². The Labute approximate surface area is 112 Å². The van der Waals surface area contributed by atoms with Crippen molar-refractivity contribution in [2.75, 3.05) is 5.75 Å². The van der Waals surface area contributed by atoms with Gasteiger partial charge in [-0.05, 0) is 37.8 Å². The largest absolute Gasteiger partial charge is 0.461 e. The molecule has 0 saturated heterocycles. The van der Waals surface area contributed by atoms with Crippen LogP contribution in [0.2, 0.25) is 5.28 Å². The van der Waals surface area contributed by atoms with Crippen molar-refractivity contribution in [3.8, 4) is 6.01 Å². The highest BCUT2D eigenvalue weighted by Gasteiger charge is 2.08. The minimum absolute atomic E-state index is 0.0296. The predicted molar refractivity (Wildman–Crippen MR) is 70.8 cm³/mol. The third kappa shape index (κ3) is 6.07. The third-order valence-electron chi connectivity index (χ3n) is 1.83. The highest BCUT2D eigenvalue weighted by Crippen LogP contribution is 2.20. The van der Waals surface area contributed by atoms with Crippen molar-refractivity contribution in [3.63, 3.8) is 0 Å². The number of nitrogens with zero attached hydrogens (tertiary/aromatic N) is 3. The minimum Gasteiger partial charge on any atom is -0.461 e. The summed E-state index contributed by atoms with van der Waals surface area (Å²) in [6.45, 7) is 8.22. The maximum Gasteiger partial charge on any atom is 0.321 e. The summed E-state index contributed by atoms with van der Waals surface area (Å²) in [6, 6.07) is 0.298. The summed E-state index contributed by atoms with van der Waals surface area (Å²) in [5.41, 5.74) is 0. The number of hydrogen-bond acceptors (Lipinski definition) is 5. The van der Waals surface area contributed by atoms with Gasteiger partial charge in [0.05, 0.1) is 6.10 Å². The van der Waals surface area contributed by atoms with E-state index in [4.69, 9.17) is 16.3 Å². The van der Waals surface area contributed by atoms with Crippen molar-refractivity contribution >= 4 is 23.4 Å². The van der Waals surface area contributed by atoms with Crippen molar-refractivity contribution in [2.24, 2.45) is 5.92 Å². The third-order valence-corrected chi connectivity index (χ3v) is 2.88. The molecule has 4 nitrogen and oxygen atoms in total. The van der Waals surface area contributed by atoms with Gasteiger partial charge < -0.3 is 4.74 Å². The Hall–Kier alpha value is -0.550. The highest BCUT2D eigenvalue weighted by atomic mass is 35.5. The first-order valence-electron chi connectivity index (χ1n) is 5.68. The second kappa shape index (κ2) is 7.01. The Morgan fingerprint density at radius 2 is 1.88 bits per heavy atom. The van der Waals surface area contributed by atoms with E-state index < -0.39 is 0 Å². The molecule has 0 amide bonds. The zero-order valence-electron chi connectivity index (χ0n) is 10.6. The van der Waals surface area contributed by atoms with Crippen LogP contribution in [0.15, 0.2) is 5.16 Å². The van der Waals surface area contributed by atoms with Crippen LogP contribution >= 0.6 is 23.4 Å². The number of halogens is 1. The Morgan fingerprint density at radius 3 is 2.47 bits per heavy atom. The van der Waals surface area contributed by atoms with E-state index in [-0.39, 0.29) is 11.4 Å². The molecule has 0 saturated carbocycles. The van der Waals surface area contributed by atoms with E-state index in [9.17, 15) is 0 Å². The molecule has 1 aromatic heterocycles. The molecule has 0 aromatic carbocycles. The van der Waals surface area contributed by atoms with Gasteiger partial charge in [0.1, 0.15) is 0 Å². The maximum atomic E-state index is 5.82. The zero-order chi connectivity index (χ0) is 12.8. The van der Waals surface area contributed by atoms with E-state index in [1.165, 1.54) is 0 Å². The lowest BCUT2D eigenvalue weighted by molar-refractivity contribution is 0.219.